The average molecular weight is 751 g/mol. The molecule has 0 bridgehead atoms. The molecule has 2 aromatic carbocycles. The maximum Gasteiger partial charge on any atom is 0.213 e. The number of anilines is 1. The lowest BCUT2D eigenvalue weighted by molar-refractivity contribution is 0.0682. The van der Waals surface area contributed by atoms with E-state index in [1.54, 1.807) is 0 Å². The summed E-state index contributed by atoms with van der Waals surface area (Å²) in [7, 11) is 0. The fraction of sp³-hybridized carbons (Fsp3) is 0.465. The first-order chi connectivity index (χ1) is 26.5. The van der Waals surface area contributed by atoms with Crippen LogP contribution >= 0.6 is 0 Å². The van der Waals surface area contributed by atoms with Crippen molar-refractivity contribution >= 4 is 39.5 Å². The van der Waals surface area contributed by atoms with Gasteiger partial charge in [0.05, 0.1) is 35.4 Å². The zero-order valence-corrected chi connectivity index (χ0v) is 32.8. The minimum absolute atomic E-state index is 0.437. The van der Waals surface area contributed by atoms with E-state index in [1.807, 2.05) is 43.7 Å². The van der Waals surface area contributed by atoms with E-state index in [0.29, 0.717) is 30.8 Å². The van der Waals surface area contributed by atoms with Crippen LogP contribution in [0.5, 0.6) is 5.88 Å². The first-order valence-electron chi connectivity index (χ1n) is 19.7. The number of aromatic nitrogens is 5. The summed E-state index contributed by atoms with van der Waals surface area (Å²) >= 11 is -1.21. The van der Waals surface area contributed by atoms with Gasteiger partial charge in [0, 0.05) is 69.0 Å². The van der Waals surface area contributed by atoms with E-state index < -0.39 is 11.2 Å². The minimum atomic E-state index is -1.21. The summed E-state index contributed by atoms with van der Waals surface area (Å²) in [5.74, 6) is 2.52. The number of imidazole rings is 2. The lowest BCUT2D eigenvalue weighted by Gasteiger charge is -2.33. The van der Waals surface area contributed by atoms with Crippen LogP contribution in [0.2, 0.25) is 0 Å². The van der Waals surface area contributed by atoms with Gasteiger partial charge in [0.2, 0.25) is 5.88 Å². The van der Waals surface area contributed by atoms with Crippen LogP contribution in [-0.4, -0.2) is 75.2 Å². The molecular formula is C43H54N6O4S. The molecule has 1 atom stereocenters. The van der Waals surface area contributed by atoms with Gasteiger partial charge in [-0.1, -0.05) is 26.3 Å². The summed E-state index contributed by atoms with van der Waals surface area (Å²) in [6, 6.07) is 16.7. The molecule has 5 aromatic rings. The predicted octanol–water partition coefficient (Wildman–Crippen LogP) is 8.61. The predicted molar refractivity (Wildman–Crippen MR) is 217 cm³/mol. The number of rotatable bonds is 16. The SMILES string of the molecule is CCCCOCCOc1ccc(-c2ccc3c(c2)/C=C(/c2nc4ccc([S@+]([O-])Cc5c(C)ncn5CCC)cc4[nH]2)CCCN3CC2CCOCC2)cn1. The molecule has 54 heavy (non-hydrogen) atoms. The quantitative estimate of drug-likeness (QED) is 0.0788. The van der Waals surface area contributed by atoms with Crippen molar-refractivity contribution in [2.24, 2.45) is 5.92 Å². The Labute approximate surface area is 322 Å². The Hall–Kier alpha value is -4.16. The van der Waals surface area contributed by atoms with Gasteiger partial charge in [-0.2, -0.15) is 0 Å². The number of hydrogen-bond acceptors (Lipinski definition) is 8. The Morgan fingerprint density at radius 2 is 1.85 bits per heavy atom. The number of H-pyrrole nitrogens is 1. The summed E-state index contributed by atoms with van der Waals surface area (Å²) < 4.78 is 32.9. The monoisotopic (exact) mass is 750 g/mol. The van der Waals surface area contributed by atoms with E-state index in [1.165, 1.54) is 16.8 Å². The molecule has 286 valence electrons. The maximum atomic E-state index is 13.6. The summed E-state index contributed by atoms with van der Waals surface area (Å²) in [4.78, 5) is 21.1. The highest BCUT2D eigenvalue weighted by Gasteiger charge is 2.23. The highest BCUT2D eigenvalue weighted by molar-refractivity contribution is 7.90. The first kappa shape index (κ1) is 38.1. The topological polar surface area (TPSA) is 113 Å². The third kappa shape index (κ3) is 9.37. The van der Waals surface area contributed by atoms with E-state index in [0.717, 1.165) is 129 Å². The average Bonchev–Trinajstić information content (AvgIpc) is 3.77. The number of hydrogen-bond donors (Lipinski definition) is 1. The van der Waals surface area contributed by atoms with Crippen molar-refractivity contribution in [1.29, 1.82) is 0 Å². The van der Waals surface area contributed by atoms with Crippen LogP contribution in [-0.2, 0) is 32.9 Å². The van der Waals surface area contributed by atoms with Crippen molar-refractivity contribution in [3.05, 3.63) is 83.8 Å². The van der Waals surface area contributed by atoms with E-state index >= 15 is 0 Å². The number of unbranched alkanes of at least 4 members (excludes halogenated alkanes) is 1. The van der Waals surface area contributed by atoms with Gasteiger partial charge in [0.1, 0.15) is 12.4 Å². The van der Waals surface area contributed by atoms with Crippen LogP contribution in [0.1, 0.15) is 81.6 Å². The van der Waals surface area contributed by atoms with Crippen LogP contribution in [0.25, 0.3) is 33.8 Å². The number of pyridine rings is 1. The van der Waals surface area contributed by atoms with Crippen molar-refractivity contribution in [2.75, 3.05) is 51.0 Å². The van der Waals surface area contributed by atoms with E-state index in [4.69, 9.17) is 19.2 Å². The third-order valence-corrected chi connectivity index (χ3v) is 11.8. The van der Waals surface area contributed by atoms with Crippen LogP contribution in [0.15, 0.2) is 66.0 Å². The summed E-state index contributed by atoms with van der Waals surface area (Å²) in [5, 5.41) is 0. The molecule has 0 spiro atoms. The van der Waals surface area contributed by atoms with Crippen molar-refractivity contribution < 1.29 is 18.8 Å². The molecule has 0 saturated carbocycles. The van der Waals surface area contributed by atoms with Crippen molar-refractivity contribution in [3.63, 3.8) is 0 Å². The highest BCUT2D eigenvalue weighted by Crippen LogP contribution is 2.36. The van der Waals surface area contributed by atoms with Gasteiger partial charge in [-0.05, 0) is 116 Å². The fourth-order valence-corrected chi connectivity index (χ4v) is 8.66. The molecule has 0 aliphatic carbocycles. The Bertz CT molecular complexity index is 2000. The van der Waals surface area contributed by atoms with Gasteiger partial charge in [0.25, 0.3) is 0 Å². The number of aromatic amines is 1. The normalized spacial score (nSPS) is 16.8. The van der Waals surface area contributed by atoms with Gasteiger partial charge in [0.15, 0.2) is 10.6 Å². The van der Waals surface area contributed by atoms with Gasteiger partial charge in [-0.15, -0.1) is 0 Å². The molecule has 11 heteroatoms. The Balaban J connectivity index is 1.15. The molecule has 1 fully saturated rings. The second kappa shape index (κ2) is 18.4. The minimum Gasteiger partial charge on any atom is -0.611 e. The number of nitrogens with zero attached hydrogens (tertiary/aromatic N) is 5. The summed E-state index contributed by atoms with van der Waals surface area (Å²) in [5.41, 5.74) is 9.46. The number of benzene rings is 2. The number of aryl methyl sites for hydroxylation is 2. The van der Waals surface area contributed by atoms with Gasteiger partial charge >= 0.3 is 0 Å². The van der Waals surface area contributed by atoms with Crippen LogP contribution in [0.3, 0.4) is 0 Å². The number of nitrogens with one attached hydrogen (secondary N) is 1. The zero-order chi connectivity index (χ0) is 37.3. The van der Waals surface area contributed by atoms with E-state index in [9.17, 15) is 4.55 Å². The molecule has 1 saturated heterocycles. The van der Waals surface area contributed by atoms with Crippen molar-refractivity contribution in [3.8, 4) is 17.0 Å². The molecule has 2 aliphatic heterocycles. The molecule has 5 heterocycles. The van der Waals surface area contributed by atoms with Gasteiger partial charge < -0.3 is 33.2 Å². The number of allylic oxidation sites excluding steroid dienone is 1. The smallest absolute Gasteiger partial charge is 0.213 e. The molecule has 0 unspecified atom stereocenters. The van der Waals surface area contributed by atoms with Crippen LogP contribution in [0, 0.1) is 12.8 Å². The fourth-order valence-electron chi connectivity index (χ4n) is 7.40. The molecule has 1 N–H and O–H groups in total. The lowest BCUT2D eigenvalue weighted by atomic mass is 9.95. The zero-order valence-electron chi connectivity index (χ0n) is 32.0. The Kier molecular flexibility index (Phi) is 13.0. The Morgan fingerprint density at radius 3 is 2.67 bits per heavy atom. The van der Waals surface area contributed by atoms with Crippen LogP contribution in [0.4, 0.5) is 5.69 Å². The Morgan fingerprint density at radius 1 is 0.981 bits per heavy atom. The first-order valence-corrected chi connectivity index (χ1v) is 21.0. The second-order valence-electron chi connectivity index (χ2n) is 14.5. The summed E-state index contributed by atoms with van der Waals surface area (Å²) in [6.07, 6.45) is 13.4. The van der Waals surface area contributed by atoms with Crippen molar-refractivity contribution in [2.45, 2.75) is 82.9 Å². The molecule has 7 rings (SSSR count). The molecule has 3 aromatic heterocycles. The maximum absolute atomic E-state index is 13.6. The van der Waals surface area contributed by atoms with E-state index in [2.05, 4.69) is 68.6 Å². The van der Waals surface area contributed by atoms with Crippen molar-refractivity contribution in [1.82, 2.24) is 24.5 Å². The van der Waals surface area contributed by atoms with Gasteiger partial charge in [-0.25, -0.2) is 15.0 Å². The molecule has 10 nitrogen and oxygen atoms in total. The molecule has 0 amide bonds. The highest BCUT2D eigenvalue weighted by atomic mass is 32.2. The van der Waals surface area contributed by atoms with E-state index in [-0.39, 0.29) is 0 Å². The third-order valence-electron chi connectivity index (χ3n) is 10.5. The molecule has 0 radical (unpaired) electrons. The standard InChI is InChI=1S/C43H54N6O4S/c1-4-6-19-51-22-23-53-42-14-10-35(27-44-42)33-9-13-40-36(24-33)25-34(8-7-18-48(40)28-32-15-20-52-21-16-32)43-46-38-12-11-37(26-39(38)47-43)54(50)29-41-31(3)45-30-49(41)17-5-2/h9-14,24-27,30,32H,4-8,15-23,28-29H2,1-3H3,(H,46,47)/b34-25+/t54-/m1/s1. The molecule has 2 aliphatic rings. The number of ether oxygens (including phenoxy) is 3. The molecular weight excluding hydrogens is 697 g/mol. The van der Waals surface area contributed by atoms with Gasteiger partial charge in [-0.3, -0.25) is 0 Å². The largest absolute Gasteiger partial charge is 0.611 e. The lowest BCUT2D eigenvalue weighted by Crippen LogP contribution is -2.34. The van der Waals surface area contributed by atoms with Crippen LogP contribution < -0.4 is 9.64 Å². The second-order valence-corrected chi connectivity index (χ2v) is 15.9. The summed E-state index contributed by atoms with van der Waals surface area (Å²) in [6.45, 7) is 12.7. The number of fused-ring (bicyclic) bond motifs is 2.